The molecule has 2 N–H and O–H groups in total. The van der Waals surface area contributed by atoms with Crippen LogP contribution in [0.15, 0.2) is 57.8 Å². The second-order valence-corrected chi connectivity index (χ2v) is 7.55. The van der Waals surface area contributed by atoms with E-state index < -0.39 is 0 Å². The van der Waals surface area contributed by atoms with Crippen molar-refractivity contribution in [2.45, 2.75) is 0 Å². The Morgan fingerprint density at radius 1 is 1.09 bits per heavy atom. The van der Waals surface area contributed by atoms with Crippen LogP contribution in [0.2, 0.25) is 0 Å². The minimum Gasteiger partial charge on any atom is -0.383 e. The monoisotopic (exact) mass is 402 g/mol. The Labute approximate surface area is 149 Å². The molecular weight excluding hydrogens is 392 g/mol. The second kappa shape index (κ2) is 5.92. The number of rotatable bonds is 3. The summed E-state index contributed by atoms with van der Waals surface area (Å²) >= 11 is 6.62. The van der Waals surface area contributed by atoms with Gasteiger partial charge in [0.05, 0.1) is 17.5 Å². The summed E-state index contributed by atoms with van der Waals surface area (Å²) in [5.41, 5.74) is 9.20. The van der Waals surface area contributed by atoms with Crippen molar-refractivity contribution in [2.24, 2.45) is 0 Å². The molecule has 4 nitrogen and oxygen atoms in total. The van der Waals surface area contributed by atoms with Gasteiger partial charge in [0.15, 0.2) is 0 Å². The van der Waals surface area contributed by atoms with Gasteiger partial charge in [0.2, 0.25) is 5.13 Å². The molecule has 0 aliphatic heterocycles. The lowest BCUT2D eigenvalue weighted by Gasteiger charge is -2.00. The van der Waals surface area contributed by atoms with Crippen molar-refractivity contribution in [1.82, 2.24) is 14.8 Å². The summed E-state index contributed by atoms with van der Waals surface area (Å²) in [7, 11) is 0. The molecule has 4 rings (SSSR count). The number of nitrogen functional groups attached to an aromatic ring is 1. The lowest BCUT2D eigenvalue weighted by atomic mass is 10.2. The number of nitrogens with zero attached hydrogens (tertiary/aromatic N) is 3. The Bertz CT molecular complexity index is 939. The SMILES string of the molecule is Nc1c(-c2cccs2)cnn1-c1nc(-c2ccc(Br)cc2)cs1. The van der Waals surface area contributed by atoms with Crippen LogP contribution >= 0.6 is 38.6 Å². The van der Waals surface area contributed by atoms with Crippen LogP contribution in [0.5, 0.6) is 0 Å². The summed E-state index contributed by atoms with van der Waals surface area (Å²) in [6, 6.07) is 12.1. The number of aromatic nitrogens is 3. The molecule has 3 heterocycles. The van der Waals surface area contributed by atoms with E-state index in [1.54, 1.807) is 22.2 Å². The van der Waals surface area contributed by atoms with Crippen LogP contribution in [0.1, 0.15) is 0 Å². The zero-order valence-electron chi connectivity index (χ0n) is 11.8. The zero-order chi connectivity index (χ0) is 15.8. The third-order valence-corrected chi connectivity index (χ3v) is 5.65. The molecule has 0 aliphatic carbocycles. The van der Waals surface area contributed by atoms with Crippen LogP contribution in [0.3, 0.4) is 0 Å². The topological polar surface area (TPSA) is 56.7 Å². The van der Waals surface area contributed by atoms with Gasteiger partial charge >= 0.3 is 0 Å². The fourth-order valence-corrected chi connectivity index (χ4v) is 4.06. The van der Waals surface area contributed by atoms with Gasteiger partial charge in [-0.15, -0.1) is 22.7 Å². The molecule has 0 unspecified atom stereocenters. The number of hydrogen-bond acceptors (Lipinski definition) is 5. The van der Waals surface area contributed by atoms with Crippen molar-refractivity contribution in [2.75, 3.05) is 5.73 Å². The minimum absolute atomic E-state index is 0.615. The average molecular weight is 403 g/mol. The molecule has 0 spiro atoms. The molecule has 0 radical (unpaired) electrons. The quantitative estimate of drug-likeness (QED) is 0.520. The first-order valence-electron chi connectivity index (χ1n) is 6.81. The molecule has 0 amide bonds. The number of thiazole rings is 1. The Hall–Kier alpha value is -1.96. The zero-order valence-corrected chi connectivity index (χ0v) is 15.0. The molecule has 1 aromatic carbocycles. The fraction of sp³-hybridized carbons (Fsp3) is 0. The smallest absolute Gasteiger partial charge is 0.212 e. The molecule has 4 aromatic rings. The summed E-state index contributed by atoms with van der Waals surface area (Å²) in [4.78, 5) is 5.77. The number of thiophene rings is 1. The fourth-order valence-electron chi connectivity index (χ4n) is 2.25. The normalized spacial score (nSPS) is 11.0. The van der Waals surface area contributed by atoms with E-state index in [1.807, 2.05) is 47.2 Å². The number of halogens is 1. The predicted molar refractivity (Wildman–Crippen MR) is 100 cm³/mol. The van der Waals surface area contributed by atoms with Crippen LogP contribution < -0.4 is 5.73 Å². The minimum atomic E-state index is 0.615. The van der Waals surface area contributed by atoms with Gasteiger partial charge in [0.25, 0.3) is 0 Å². The summed E-state index contributed by atoms with van der Waals surface area (Å²) < 4.78 is 2.75. The van der Waals surface area contributed by atoms with Crippen LogP contribution in [-0.2, 0) is 0 Å². The molecule has 0 atom stereocenters. The molecule has 3 aromatic heterocycles. The first-order valence-corrected chi connectivity index (χ1v) is 9.37. The maximum atomic E-state index is 6.26. The van der Waals surface area contributed by atoms with Crippen LogP contribution in [0.4, 0.5) is 5.82 Å². The van der Waals surface area contributed by atoms with Crippen LogP contribution in [-0.4, -0.2) is 14.8 Å². The van der Waals surface area contributed by atoms with Gasteiger partial charge in [-0.05, 0) is 23.6 Å². The molecule has 0 saturated carbocycles. The van der Waals surface area contributed by atoms with Gasteiger partial charge in [-0.1, -0.05) is 34.1 Å². The van der Waals surface area contributed by atoms with Gasteiger partial charge in [0, 0.05) is 20.3 Å². The molecule has 0 bridgehead atoms. The van der Waals surface area contributed by atoms with Gasteiger partial charge in [-0.25, -0.2) is 4.98 Å². The summed E-state index contributed by atoms with van der Waals surface area (Å²) in [6.45, 7) is 0. The van der Waals surface area contributed by atoms with E-state index in [0.717, 1.165) is 31.3 Å². The van der Waals surface area contributed by atoms with Crippen LogP contribution in [0, 0.1) is 0 Å². The second-order valence-electron chi connectivity index (χ2n) is 4.85. The lowest BCUT2D eigenvalue weighted by molar-refractivity contribution is 0.881. The van der Waals surface area contributed by atoms with E-state index in [1.165, 1.54) is 11.3 Å². The van der Waals surface area contributed by atoms with Crippen molar-refractivity contribution < 1.29 is 0 Å². The van der Waals surface area contributed by atoms with Gasteiger partial charge in [-0.3, -0.25) is 0 Å². The Morgan fingerprint density at radius 3 is 2.65 bits per heavy atom. The highest BCUT2D eigenvalue weighted by atomic mass is 79.9. The summed E-state index contributed by atoms with van der Waals surface area (Å²) in [6.07, 6.45) is 1.79. The van der Waals surface area contributed by atoms with Crippen molar-refractivity contribution >= 4 is 44.4 Å². The molecule has 0 aliphatic rings. The van der Waals surface area contributed by atoms with E-state index in [4.69, 9.17) is 5.73 Å². The number of anilines is 1. The average Bonchev–Trinajstić information content (AvgIpc) is 3.27. The van der Waals surface area contributed by atoms with Crippen molar-refractivity contribution in [1.29, 1.82) is 0 Å². The summed E-state index contributed by atoms with van der Waals surface area (Å²) in [5, 5.41) is 9.22. The number of benzene rings is 1. The number of hydrogen-bond donors (Lipinski definition) is 1. The molecule has 114 valence electrons. The van der Waals surface area contributed by atoms with E-state index in [9.17, 15) is 0 Å². The molecule has 0 fully saturated rings. The Kier molecular flexibility index (Phi) is 3.76. The highest BCUT2D eigenvalue weighted by Gasteiger charge is 2.14. The Morgan fingerprint density at radius 2 is 1.91 bits per heavy atom. The Balaban J connectivity index is 1.71. The van der Waals surface area contributed by atoms with Gasteiger partial charge in [-0.2, -0.15) is 9.78 Å². The third kappa shape index (κ3) is 2.71. The first kappa shape index (κ1) is 14.6. The van der Waals surface area contributed by atoms with E-state index in [2.05, 4.69) is 26.0 Å². The van der Waals surface area contributed by atoms with E-state index in [0.29, 0.717) is 5.82 Å². The highest BCUT2D eigenvalue weighted by Crippen LogP contribution is 2.32. The highest BCUT2D eigenvalue weighted by molar-refractivity contribution is 9.10. The third-order valence-electron chi connectivity index (χ3n) is 3.41. The van der Waals surface area contributed by atoms with Gasteiger partial charge in [0.1, 0.15) is 5.82 Å². The first-order chi connectivity index (χ1) is 11.2. The number of nitrogens with two attached hydrogens (primary N) is 1. The van der Waals surface area contributed by atoms with E-state index >= 15 is 0 Å². The molecule has 0 saturated heterocycles. The molecular formula is C16H11BrN4S2. The lowest BCUT2D eigenvalue weighted by Crippen LogP contribution is -2.01. The largest absolute Gasteiger partial charge is 0.383 e. The van der Waals surface area contributed by atoms with E-state index in [-0.39, 0.29) is 0 Å². The molecule has 23 heavy (non-hydrogen) atoms. The maximum absolute atomic E-state index is 6.26. The van der Waals surface area contributed by atoms with Crippen molar-refractivity contribution in [3.05, 3.63) is 57.8 Å². The van der Waals surface area contributed by atoms with Crippen LogP contribution in [0.25, 0.3) is 26.8 Å². The predicted octanol–water partition coefficient (Wildman–Crippen LogP) is 5.07. The summed E-state index contributed by atoms with van der Waals surface area (Å²) in [5.74, 6) is 0.615. The standard InChI is InChI=1S/C16H11BrN4S2/c17-11-5-3-10(4-6-11)13-9-23-16(20-13)21-15(18)12(8-19-21)14-2-1-7-22-14/h1-9H,18H2. The molecule has 7 heteroatoms. The maximum Gasteiger partial charge on any atom is 0.212 e. The van der Waals surface area contributed by atoms with Gasteiger partial charge < -0.3 is 5.73 Å². The van der Waals surface area contributed by atoms with Crippen molar-refractivity contribution in [3.8, 4) is 26.8 Å². The van der Waals surface area contributed by atoms with Crippen molar-refractivity contribution in [3.63, 3.8) is 0 Å².